The Bertz CT molecular complexity index is 759. The third-order valence-corrected chi connectivity index (χ3v) is 5.46. The van der Waals surface area contributed by atoms with Crippen molar-refractivity contribution in [2.75, 3.05) is 6.54 Å². The van der Waals surface area contributed by atoms with E-state index >= 15 is 0 Å². The monoisotopic (exact) mass is 373 g/mol. The van der Waals surface area contributed by atoms with Gasteiger partial charge in [-0.25, -0.2) is 4.39 Å². The van der Waals surface area contributed by atoms with Gasteiger partial charge in [-0.2, -0.15) is 22.7 Å². The van der Waals surface area contributed by atoms with Gasteiger partial charge in [-0.15, -0.1) is 0 Å². The third kappa shape index (κ3) is 4.64. The summed E-state index contributed by atoms with van der Waals surface area (Å²) in [6, 6.07) is 10.1. The summed E-state index contributed by atoms with van der Waals surface area (Å²) in [6.07, 6.45) is 1.47. The van der Waals surface area contributed by atoms with Crippen LogP contribution in [0, 0.1) is 5.82 Å². The minimum atomic E-state index is -0.681. The molecule has 0 saturated heterocycles. The Kier molecular flexibility index (Phi) is 6.15. The lowest BCUT2D eigenvalue weighted by Gasteiger charge is -2.20. The van der Waals surface area contributed by atoms with Crippen LogP contribution in [0.2, 0.25) is 0 Å². The Morgan fingerprint density at radius 3 is 2.20 bits per heavy atom. The van der Waals surface area contributed by atoms with Crippen LogP contribution in [-0.4, -0.2) is 17.7 Å². The number of hydrogen-bond donors (Lipinski definition) is 2. The number of aliphatic hydroxyl groups excluding tert-OH is 1. The van der Waals surface area contributed by atoms with Crippen LogP contribution >= 0.6 is 22.7 Å². The number of aliphatic hydroxyl groups is 1. The normalized spacial score (nSPS) is 13.4. The molecule has 1 aromatic carbocycles. The summed E-state index contributed by atoms with van der Waals surface area (Å²) in [5, 5.41) is 22.2. The zero-order valence-corrected chi connectivity index (χ0v) is 15.5. The van der Waals surface area contributed by atoms with Crippen LogP contribution in [0.15, 0.2) is 64.0 Å². The number of nitrogens with one attached hydrogen (secondary N) is 1. The summed E-state index contributed by atoms with van der Waals surface area (Å²) in [7, 11) is 0. The molecule has 5 heteroatoms. The van der Waals surface area contributed by atoms with Gasteiger partial charge in [-0.1, -0.05) is 18.2 Å². The van der Waals surface area contributed by atoms with Gasteiger partial charge in [0, 0.05) is 12.6 Å². The van der Waals surface area contributed by atoms with Crippen molar-refractivity contribution in [1.29, 1.82) is 0 Å². The van der Waals surface area contributed by atoms with Crippen LogP contribution in [0.1, 0.15) is 29.7 Å². The SMILES string of the molecule is CC(NCC=C(c1ccsc1)c1ccsc1)C(O)c1ccc(F)cc1. The van der Waals surface area contributed by atoms with E-state index in [0.29, 0.717) is 12.1 Å². The molecule has 0 aliphatic carbocycles. The van der Waals surface area contributed by atoms with Gasteiger partial charge in [0.05, 0.1) is 6.10 Å². The van der Waals surface area contributed by atoms with Gasteiger partial charge in [0.15, 0.2) is 0 Å². The Morgan fingerprint density at radius 2 is 1.68 bits per heavy atom. The molecule has 3 rings (SSSR count). The molecule has 25 heavy (non-hydrogen) atoms. The summed E-state index contributed by atoms with van der Waals surface area (Å²) in [5.74, 6) is -0.296. The van der Waals surface area contributed by atoms with Gasteiger partial charge in [0.2, 0.25) is 0 Å². The van der Waals surface area contributed by atoms with E-state index in [4.69, 9.17) is 0 Å². The zero-order chi connectivity index (χ0) is 17.6. The second kappa shape index (κ2) is 8.54. The molecule has 130 valence electrons. The Morgan fingerprint density at radius 1 is 1.08 bits per heavy atom. The largest absolute Gasteiger partial charge is 0.387 e. The van der Waals surface area contributed by atoms with Gasteiger partial charge in [-0.05, 0) is 75.0 Å². The molecule has 0 radical (unpaired) electrons. The third-order valence-electron chi connectivity index (χ3n) is 4.10. The first-order chi connectivity index (χ1) is 12.1. The predicted octanol–water partition coefficient (Wildman–Crippen LogP) is 5.09. The van der Waals surface area contributed by atoms with Crippen molar-refractivity contribution in [3.05, 3.63) is 86.5 Å². The lowest BCUT2D eigenvalue weighted by molar-refractivity contribution is 0.138. The van der Waals surface area contributed by atoms with E-state index in [0.717, 1.165) is 0 Å². The maximum absolute atomic E-state index is 13.0. The van der Waals surface area contributed by atoms with Crippen LogP contribution in [0.4, 0.5) is 4.39 Å². The minimum absolute atomic E-state index is 0.145. The fourth-order valence-electron chi connectivity index (χ4n) is 2.64. The zero-order valence-electron chi connectivity index (χ0n) is 13.9. The van der Waals surface area contributed by atoms with E-state index < -0.39 is 6.10 Å². The first kappa shape index (κ1) is 18.0. The van der Waals surface area contributed by atoms with E-state index in [1.807, 2.05) is 6.92 Å². The van der Waals surface area contributed by atoms with Crippen molar-refractivity contribution in [3.63, 3.8) is 0 Å². The molecule has 0 bridgehead atoms. The number of thiophene rings is 2. The van der Waals surface area contributed by atoms with E-state index in [1.54, 1.807) is 34.8 Å². The number of benzene rings is 1. The van der Waals surface area contributed by atoms with E-state index in [2.05, 4.69) is 45.0 Å². The summed E-state index contributed by atoms with van der Waals surface area (Å²) < 4.78 is 13.0. The highest BCUT2D eigenvalue weighted by atomic mass is 32.1. The lowest BCUT2D eigenvalue weighted by Crippen LogP contribution is -2.32. The second-order valence-corrected chi connectivity index (χ2v) is 7.40. The Hall–Kier alpha value is -1.79. The minimum Gasteiger partial charge on any atom is -0.387 e. The maximum Gasteiger partial charge on any atom is 0.123 e. The van der Waals surface area contributed by atoms with E-state index in [9.17, 15) is 9.50 Å². The molecule has 0 saturated carbocycles. The van der Waals surface area contributed by atoms with Gasteiger partial charge >= 0.3 is 0 Å². The second-order valence-electron chi connectivity index (χ2n) is 5.84. The van der Waals surface area contributed by atoms with Crippen molar-refractivity contribution in [2.45, 2.75) is 19.1 Å². The van der Waals surface area contributed by atoms with Crippen LogP contribution in [0.3, 0.4) is 0 Å². The van der Waals surface area contributed by atoms with Crippen molar-refractivity contribution < 1.29 is 9.50 Å². The first-order valence-corrected chi connectivity index (χ1v) is 9.96. The molecule has 2 aromatic heterocycles. The van der Waals surface area contributed by atoms with E-state index in [-0.39, 0.29) is 11.9 Å². The average Bonchev–Trinajstić information content (AvgIpc) is 3.32. The highest BCUT2D eigenvalue weighted by Crippen LogP contribution is 2.27. The molecule has 2 nitrogen and oxygen atoms in total. The number of rotatable bonds is 7. The summed E-state index contributed by atoms with van der Waals surface area (Å²) in [6.45, 7) is 2.57. The first-order valence-electron chi connectivity index (χ1n) is 8.07. The molecule has 0 aliphatic rings. The maximum atomic E-state index is 13.0. The quantitative estimate of drug-likeness (QED) is 0.604. The smallest absolute Gasteiger partial charge is 0.123 e. The van der Waals surface area contributed by atoms with Crippen molar-refractivity contribution in [2.24, 2.45) is 0 Å². The van der Waals surface area contributed by atoms with Gasteiger partial charge in [0.1, 0.15) is 5.82 Å². The van der Waals surface area contributed by atoms with Crippen molar-refractivity contribution >= 4 is 28.2 Å². The predicted molar refractivity (Wildman–Crippen MR) is 105 cm³/mol. The average molecular weight is 374 g/mol. The highest BCUT2D eigenvalue weighted by Gasteiger charge is 2.15. The van der Waals surface area contributed by atoms with Crippen LogP contribution in [0.5, 0.6) is 0 Å². The van der Waals surface area contributed by atoms with Crippen molar-refractivity contribution in [3.8, 4) is 0 Å². The number of halogens is 1. The fraction of sp³-hybridized carbons (Fsp3) is 0.200. The molecule has 0 fully saturated rings. The molecule has 2 N–H and O–H groups in total. The lowest BCUT2D eigenvalue weighted by atomic mass is 10.0. The molecule has 2 unspecified atom stereocenters. The molecule has 2 heterocycles. The van der Waals surface area contributed by atoms with Gasteiger partial charge in [-0.3, -0.25) is 0 Å². The van der Waals surface area contributed by atoms with Gasteiger partial charge in [0.25, 0.3) is 0 Å². The molecular formula is C20H20FNOS2. The van der Waals surface area contributed by atoms with Crippen LogP contribution < -0.4 is 5.32 Å². The molecule has 0 amide bonds. The van der Waals surface area contributed by atoms with Crippen LogP contribution in [-0.2, 0) is 0 Å². The molecule has 2 atom stereocenters. The Labute approximate surface area is 155 Å². The summed E-state index contributed by atoms with van der Waals surface area (Å²) in [5.41, 5.74) is 4.31. The molecule has 3 aromatic rings. The standard InChI is InChI=1S/C20H20FNOS2/c1-14(20(23)15-2-4-18(21)5-3-15)22-9-6-19(16-7-10-24-12-16)17-8-11-25-13-17/h2-8,10-14,20,22-23H,9H2,1H3. The molecule has 0 spiro atoms. The van der Waals surface area contributed by atoms with Crippen molar-refractivity contribution in [1.82, 2.24) is 5.32 Å². The summed E-state index contributed by atoms with van der Waals surface area (Å²) >= 11 is 3.36. The topological polar surface area (TPSA) is 32.3 Å². The summed E-state index contributed by atoms with van der Waals surface area (Å²) in [4.78, 5) is 0. The Balaban J connectivity index is 1.66. The highest BCUT2D eigenvalue weighted by molar-refractivity contribution is 7.08. The van der Waals surface area contributed by atoms with E-state index in [1.165, 1.54) is 28.8 Å². The van der Waals surface area contributed by atoms with Crippen LogP contribution in [0.25, 0.3) is 5.57 Å². The molecular weight excluding hydrogens is 353 g/mol. The van der Waals surface area contributed by atoms with Gasteiger partial charge < -0.3 is 10.4 Å². The number of hydrogen-bond acceptors (Lipinski definition) is 4. The molecule has 0 aliphatic heterocycles. The fourth-order valence-corrected chi connectivity index (χ4v) is 3.96.